The minimum Gasteiger partial charge on any atom is -0.222 e. The molecular formula is C12H11Cl2NO4. The van der Waals surface area contributed by atoms with Gasteiger partial charge in [0.2, 0.25) is 0 Å². The average molecular weight is 304 g/mol. The maximum atomic E-state index is 8.49. The third-order valence-electron chi connectivity index (χ3n) is 2.06. The van der Waals surface area contributed by atoms with Crippen molar-refractivity contribution in [1.29, 1.82) is 0 Å². The lowest BCUT2D eigenvalue weighted by molar-refractivity contribution is -2.00. The van der Waals surface area contributed by atoms with Crippen LogP contribution in [0.5, 0.6) is 0 Å². The Labute approximate surface area is 117 Å². The summed E-state index contributed by atoms with van der Waals surface area (Å²) in [5, 5.41) is 0.784. The van der Waals surface area contributed by atoms with E-state index in [2.05, 4.69) is 17.0 Å². The lowest BCUT2D eigenvalue weighted by Gasteiger charge is -2.17. The first kappa shape index (κ1) is 15.8. The van der Waals surface area contributed by atoms with E-state index in [9.17, 15) is 0 Å². The van der Waals surface area contributed by atoms with Gasteiger partial charge in [0.25, 0.3) is 0 Å². The molecule has 2 rings (SSSR count). The fourth-order valence-corrected chi connectivity index (χ4v) is 1.47. The smallest absolute Gasteiger partial charge is 0.173 e. The van der Waals surface area contributed by atoms with Gasteiger partial charge in [0.15, 0.2) is 18.9 Å². The van der Waals surface area contributed by atoms with E-state index in [-0.39, 0.29) is 0 Å². The van der Waals surface area contributed by atoms with Crippen molar-refractivity contribution in [1.82, 2.24) is 0 Å². The molecule has 0 fully saturated rings. The zero-order valence-corrected chi connectivity index (χ0v) is 11.3. The fourth-order valence-electron chi connectivity index (χ4n) is 1.34. The van der Waals surface area contributed by atoms with Crippen LogP contribution in [0.3, 0.4) is 0 Å². The minimum absolute atomic E-state index is 0.784. The topological polar surface area (TPSA) is 96.1 Å². The summed E-state index contributed by atoms with van der Waals surface area (Å²) in [6.45, 7) is 0.887. The van der Waals surface area contributed by atoms with Gasteiger partial charge in [0.1, 0.15) is 0 Å². The first-order chi connectivity index (χ1) is 8.84. The van der Waals surface area contributed by atoms with Gasteiger partial charge in [-0.15, -0.1) is 10.2 Å². The lowest BCUT2D eigenvalue weighted by Crippen LogP contribution is -2.68. The van der Waals surface area contributed by atoms with E-state index in [4.69, 9.17) is 30.2 Å². The molecular weight excluding hydrogens is 293 g/mol. The van der Waals surface area contributed by atoms with Gasteiger partial charge >= 0.3 is 0 Å². The average Bonchev–Trinajstić information content (AvgIpc) is 2.31. The van der Waals surface area contributed by atoms with Gasteiger partial charge in [-0.25, -0.2) is 23.2 Å². The molecule has 5 nitrogen and oxygen atoms in total. The van der Waals surface area contributed by atoms with Crippen molar-refractivity contribution >= 4 is 11.6 Å². The molecule has 0 saturated heterocycles. The van der Waals surface area contributed by atoms with Crippen LogP contribution in [0.15, 0.2) is 54.9 Å². The molecule has 0 aliphatic carbocycles. The predicted octanol–water partition coefficient (Wildman–Crippen LogP) is -2.08. The normalized spacial score (nSPS) is 10.6. The highest BCUT2D eigenvalue weighted by Crippen LogP contribution is 2.08. The van der Waals surface area contributed by atoms with Crippen LogP contribution in [0, 0.1) is 10.2 Å². The third-order valence-corrected chi connectivity index (χ3v) is 2.31. The second kappa shape index (κ2) is 7.40. The summed E-state index contributed by atoms with van der Waals surface area (Å²) >= 11 is 5.81. The van der Waals surface area contributed by atoms with Crippen LogP contribution in [-0.2, 0) is 6.54 Å². The van der Waals surface area contributed by atoms with Gasteiger partial charge in [0, 0.05) is 22.7 Å². The molecule has 0 spiro atoms. The van der Waals surface area contributed by atoms with E-state index in [1.165, 1.54) is 5.56 Å². The van der Waals surface area contributed by atoms with Crippen molar-refractivity contribution in [2.24, 2.45) is 0 Å². The van der Waals surface area contributed by atoms with Crippen molar-refractivity contribution in [3.05, 3.63) is 65.4 Å². The molecule has 7 heteroatoms. The number of aromatic nitrogens is 1. The Morgan fingerprint density at radius 3 is 1.84 bits per heavy atom. The second-order valence-corrected chi connectivity index (χ2v) is 4.74. The zero-order chi connectivity index (χ0) is 14.3. The second-order valence-electron chi connectivity index (χ2n) is 3.55. The molecule has 102 valence electrons. The number of pyridine rings is 1. The summed E-state index contributed by atoms with van der Waals surface area (Å²) in [6.07, 6.45) is 4.10. The monoisotopic (exact) mass is 303 g/mol. The standard InChI is InChI=1S/C12H11ClN.ClHO4/c13-12-6-4-11(5-7-12)10-14-8-2-1-3-9-14;2-1(3,4)5/h1-9H,10H2;(H,2,3,4,5)/q+1;/p-1. The molecule has 0 atom stereocenters. The Kier molecular flexibility index (Phi) is 6.17. The summed E-state index contributed by atoms with van der Waals surface area (Å²) in [7, 11) is -4.94. The maximum absolute atomic E-state index is 8.49. The van der Waals surface area contributed by atoms with E-state index in [0.717, 1.165) is 11.6 Å². The van der Waals surface area contributed by atoms with E-state index < -0.39 is 10.2 Å². The number of benzene rings is 1. The quantitative estimate of drug-likeness (QED) is 0.595. The van der Waals surface area contributed by atoms with Crippen LogP contribution in [0.1, 0.15) is 5.56 Å². The number of hydrogen-bond acceptors (Lipinski definition) is 4. The molecule has 0 bridgehead atoms. The Morgan fingerprint density at radius 2 is 1.37 bits per heavy atom. The zero-order valence-electron chi connectivity index (χ0n) is 9.74. The lowest BCUT2D eigenvalue weighted by atomic mass is 10.2. The number of rotatable bonds is 2. The van der Waals surface area contributed by atoms with E-state index >= 15 is 0 Å². The summed E-state index contributed by atoms with van der Waals surface area (Å²) in [4.78, 5) is 0. The summed E-state index contributed by atoms with van der Waals surface area (Å²) in [5.41, 5.74) is 1.26. The maximum Gasteiger partial charge on any atom is 0.173 e. The molecule has 2 aromatic rings. The molecule has 1 aromatic carbocycles. The number of halogens is 2. The number of nitrogens with zero attached hydrogens (tertiary/aromatic N) is 1. The van der Waals surface area contributed by atoms with Crippen molar-refractivity contribution in [2.45, 2.75) is 6.54 Å². The first-order valence-electron chi connectivity index (χ1n) is 5.15. The Morgan fingerprint density at radius 1 is 0.895 bits per heavy atom. The van der Waals surface area contributed by atoms with Gasteiger partial charge in [0.05, 0.1) is 0 Å². The van der Waals surface area contributed by atoms with E-state index in [1.807, 2.05) is 42.5 Å². The van der Waals surface area contributed by atoms with Crippen molar-refractivity contribution < 1.29 is 33.4 Å². The van der Waals surface area contributed by atoms with Gasteiger partial charge in [-0.05, 0) is 12.1 Å². The predicted molar refractivity (Wildman–Crippen MR) is 57.2 cm³/mol. The summed E-state index contributed by atoms with van der Waals surface area (Å²) in [5.74, 6) is 0. The largest absolute Gasteiger partial charge is 0.222 e. The van der Waals surface area contributed by atoms with Gasteiger partial charge < -0.3 is 0 Å². The van der Waals surface area contributed by atoms with Crippen LogP contribution in [0.25, 0.3) is 0 Å². The molecule has 0 aliphatic heterocycles. The van der Waals surface area contributed by atoms with E-state index in [0.29, 0.717) is 0 Å². The summed E-state index contributed by atoms with van der Waals surface area (Å²) in [6, 6.07) is 14.0. The highest BCUT2D eigenvalue weighted by molar-refractivity contribution is 6.30. The van der Waals surface area contributed by atoms with Crippen molar-refractivity contribution in [3.8, 4) is 0 Å². The van der Waals surface area contributed by atoms with Gasteiger partial charge in [-0.1, -0.05) is 29.8 Å². The van der Waals surface area contributed by atoms with Crippen LogP contribution in [0.4, 0.5) is 0 Å². The Hall–Kier alpha value is -1.21. The molecule has 0 radical (unpaired) electrons. The molecule has 0 N–H and O–H groups in total. The third kappa shape index (κ3) is 8.50. The van der Waals surface area contributed by atoms with Crippen LogP contribution >= 0.6 is 11.6 Å². The van der Waals surface area contributed by atoms with Crippen LogP contribution < -0.4 is 23.2 Å². The highest BCUT2D eigenvalue weighted by atomic mass is 35.7. The number of hydrogen-bond donors (Lipinski definition) is 0. The molecule has 0 aliphatic rings. The molecule has 1 aromatic heterocycles. The Bertz CT molecular complexity index is 479. The molecule has 0 unspecified atom stereocenters. The van der Waals surface area contributed by atoms with Crippen LogP contribution in [-0.4, -0.2) is 0 Å². The van der Waals surface area contributed by atoms with Crippen LogP contribution in [0.2, 0.25) is 5.02 Å². The fraction of sp³-hybridized carbons (Fsp3) is 0.0833. The SMILES string of the molecule is Clc1ccc(C[n+]2ccccc2)cc1.[O-][Cl+3]([O-])([O-])[O-]. The first-order valence-corrected chi connectivity index (χ1v) is 6.76. The van der Waals surface area contributed by atoms with Crippen molar-refractivity contribution in [2.75, 3.05) is 0 Å². The summed E-state index contributed by atoms with van der Waals surface area (Å²) < 4.78 is 36.1. The van der Waals surface area contributed by atoms with Crippen molar-refractivity contribution in [3.63, 3.8) is 0 Å². The highest BCUT2D eigenvalue weighted by Gasteiger charge is 1.99. The Balaban J connectivity index is 0.000000312. The molecule has 1 heterocycles. The van der Waals surface area contributed by atoms with Gasteiger partial charge in [-0.3, -0.25) is 0 Å². The van der Waals surface area contributed by atoms with E-state index in [1.54, 1.807) is 0 Å². The van der Waals surface area contributed by atoms with Gasteiger partial charge in [-0.2, -0.15) is 0 Å². The minimum atomic E-state index is -4.94. The molecule has 19 heavy (non-hydrogen) atoms. The molecule has 0 saturated carbocycles. The molecule has 0 amide bonds.